The van der Waals surface area contributed by atoms with Gasteiger partial charge in [-0.3, -0.25) is 0 Å². The molecule has 1 nitrogen and oxygen atoms in total. The van der Waals surface area contributed by atoms with E-state index < -0.39 is 6.17 Å². The van der Waals surface area contributed by atoms with Crippen LogP contribution in [0.1, 0.15) is 54.7 Å². The predicted octanol–water partition coefficient (Wildman–Crippen LogP) is 5.79. The number of hydrogen-bond acceptors (Lipinski definition) is 1. The molecular formula is C24H32FN. The number of hydrogen-bond donors (Lipinski definition) is 0. The van der Waals surface area contributed by atoms with Crippen LogP contribution in [0.2, 0.25) is 0 Å². The van der Waals surface area contributed by atoms with Crippen molar-refractivity contribution in [2.45, 2.75) is 57.0 Å². The van der Waals surface area contributed by atoms with Gasteiger partial charge in [0.05, 0.1) is 0 Å². The molecule has 0 atom stereocenters. The molecule has 1 fully saturated rings. The van der Waals surface area contributed by atoms with E-state index in [2.05, 4.69) is 66.5 Å². The minimum absolute atomic E-state index is 0.565. The van der Waals surface area contributed by atoms with Gasteiger partial charge >= 0.3 is 0 Å². The smallest absolute Gasteiger partial charge is 0.100 e. The molecular weight excluding hydrogens is 321 g/mol. The molecule has 0 aliphatic heterocycles. The molecule has 0 heterocycles. The molecule has 0 saturated heterocycles. The third-order valence-electron chi connectivity index (χ3n) is 5.74. The zero-order valence-electron chi connectivity index (χ0n) is 16.0. The second kappa shape index (κ2) is 9.87. The van der Waals surface area contributed by atoms with Crippen molar-refractivity contribution in [2.75, 3.05) is 20.1 Å². The van der Waals surface area contributed by atoms with Gasteiger partial charge in [0.15, 0.2) is 0 Å². The van der Waals surface area contributed by atoms with Crippen LogP contribution in [0.4, 0.5) is 4.39 Å². The summed E-state index contributed by atoms with van der Waals surface area (Å²) in [4.78, 5) is 2.43. The summed E-state index contributed by atoms with van der Waals surface area (Å²) in [7, 11) is 2.22. The maximum absolute atomic E-state index is 13.3. The number of likely N-dealkylation sites (N-methyl/N-ethyl adjacent to an activating group) is 1. The van der Waals surface area contributed by atoms with Crippen molar-refractivity contribution in [2.24, 2.45) is 0 Å². The molecule has 0 amide bonds. The molecule has 0 unspecified atom stereocenters. The first-order chi connectivity index (χ1) is 12.7. The van der Waals surface area contributed by atoms with Gasteiger partial charge in [-0.2, -0.15) is 0 Å². The maximum atomic E-state index is 13.3. The summed E-state index contributed by atoms with van der Waals surface area (Å²) < 4.78 is 13.3. The van der Waals surface area contributed by atoms with Gasteiger partial charge in [0, 0.05) is 6.54 Å². The Balaban J connectivity index is 1.36. The van der Waals surface area contributed by atoms with Crippen molar-refractivity contribution in [1.29, 1.82) is 0 Å². The Kier molecular flexibility index (Phi) is 7.25. The summed E-state index contributed by atoms with van der Waals surface area (Å²) in [6.45, 7) is 2.25. The lowest BCUT2D eigenvalue weighted by atomic mass is 9.83. The van der Waals surface area contributed by atoms with E-state index in [9.17, 15) is 4.39 Å². The standard InChI is InChI=1S/C24H32FN/c1-26(19-17-20-6-3-2-4-7-20)18-5-8-21-9-11-22(12-10-21)23-13-15-24(25)16-14-23/h2-4,6-7,9-12,23-24H,5,8,13-19H2,1H3. The largest absolute Gasteiger partial charge is 0.306 e. The van der Waals surface area contributed by atoms with Crippen molar-refractivity contribution >= 4 is 0 Å². The van der Waals surface area contributed by atoms with Crippen molar-refractivity contribution in [1.82, 2.24) is 4.90 Å². The van der Waals surface area contributed by atoms with Crippen LogP contribution in [0, 0.1) is 0 Å². The first-order valence-electron chi connectivity index (χ1n) is 10.2. The number of rotatable bonds is 8. The number of alkyl halides is 1. The SMILES string of the molecule is CN(CCCc1ccc(C2CCC(F)CC2)cc1)CCc1ccccc1. The van der Waals surface area contributed by atoms with Crippen LogP contribution in [0.15, 0.2) is 54.6 Å². The molecule has 0 bridgehead atoms. The minimum atomic E-state index is -0.565. The van der Waals surface area contributed by atoms with Crippen LogP contribution >= 0.6 is 0 Å². The fourth-order valence-electron chi connectivity index (χ4n) is 3.97. The Hall–Kier alpha value is -1.67. The van der Waals surface area contributed by atoms with Crippen LogP contribution in [0.5, 0.6) is 0 Å². The predicted molar refractivity (Wildman–Crippen MR) is 109 cm³/mol. The Morgan fingerprint density at radius 2 is 1.46 bits per heavy atom. The molecule has 140 valence electrons. The van der Waals surface area contributed by atoms with E-state index in [0.29, 0.717) is 5.92 Å². The van der Waals surface area contributed by atoms with Gasteiger partial charge in [-0.15, -0.1) is 0 Å². The van der Waals surface area contributed by atoms with Gasteiger partial charge in [-0.1, -0.05) is 54.6 Å². The Morgan fingerprint density at radius 1 is 0.808 bits per heavy atom. The summed E-state index contributed by atoms with van der Waals surface area (Å²) in [5.41, 5.74) is 4.24. The molecule has 1 aliphatic rings. The molecule has 2 aromatic carbocycles. The van der Waals surface area contributed by atoms with Gasteiger partial charge in [0.2, 0.25) is 0 Å². The second-order valence-electron chi connectivity index (χ2n) is 7.83. The fraction of sp³-hybridized carbons (Fsp3) is 0.500. The van der Waals surface area contributed by atoms with E-state index in [1.54, 1.807) is 0 Å². The van der Waals surface area contributed by atoms with Crippen LogP contribution < -0.4 is 0 Å². The summed E-state index contributed by atoms with van der Waals surface area (Å²) in [5.74, 6) is 0.570. The van der Waals surface area contributed by atoms with E-state index in [4.69, 9.17) is 0 Å². The van der Waals surface area contributed by atoms with Crippen molar-refractivity contribution < 1.29 is 4.39 Å². The highest BCUT2D eigenvalue weighted by atomic mass is 19.1. The topological polar surface area (TPSA) is 3.24 Å². The van der Waals surface area contributed by atoms with Crippen LogP contribution in [-0.2, 0) is 12.8 Å². The zero-order valence-corrected chi connectivity index (χ0v) is 16.0. The van der Waals surface area contributed by atoms with Crippen LogP contribution in [-0.4, -0.2) is 31.2 Å². The van der Waals surface area contributed by atoms with Gasteiger partial charge in [-0.25, -0.2) is 4.39 Å². The number of aryl methyl sites for hydroxylation is 1. The molecule has 2 heteroatoms. The number of halogens is 1. The van der Waals surface area contributed by atoms with Gasteiger partial charge in [0.1, 0.15) is 6.17 Å². The van der Waals surface area contributed by atoms with Crippen molar-refractivity contribution in [3.63, 3.8) is 0 Å². The average Bonchev–Trinajstić information content (AvgIpc) is 2.68. The van der Waals surface area contributed by atoms with E-state index in [0.717, 1.165) is 51.6 Å². The van der Waals surface area contributed by atoms with Crippen molar-refractivity contribution in [3.8, 4) is 0 Å². The molecule has 1 saturated carbocycles. The van der Waals surface area contributed by atoms with Crippen LogP contribution in [0.25, 0.3) is 0 Å². The normalized spacial score (nSPS) is 20.4. The molecule has 3 rings (SSSR count). The molecule has 2 aromatic rings. The Morgan fingerprint density at radius 3 is 2.15 bits per heavy atom. The van der Waals surface area contributed by atoms with E-state index in [-0.39, 0.29) is 0 Å². The van der Waals surface area contributed by atoms with Gasteiger partial charge in [-0.05, 0) is 81.1 Å². The molecule has 0 radical (unpaired) electrons. The lowest BCUT2D eigenvalue weighted by Crippen LogP contribution is -2.22. The highest BCUT2D eigenvalue weighted by Gasteiger charge is 2.21. The fourth-order valence-corrected chi connectivity index (χ4v) is 3.97. The molecule has 0 N–H and O–H groups in total. The van der Waals surface area contributed by atoms with E-state index in [1.165, 1.54) is 23.1 Å². The van der Waals surface area contributed by atoms with Gasteiger partial charge in [0.25, 0.3) is 0 Å². The first-order valence-corrected chi connectivity index (χ1v) is 10.2. The third kappa shape index (κ3) is 5.95. The Bertz CT molecular complexity index is 629. The monoisotopic (exact) mass is 353 g/mol. The highest BCUT2D eigenvalue weighted by Crippen LogP contribution is 2.34. The van der Waals surface area contributed by atoms with E-state index in [1.807, 2.05) is 0 Å². The summed E-state index contributed by atoms with van der Waals surface area (Å²) in [6.07, 6.45) is 6.37. The third-order valence-corrected chi connectivity index (χ3v) is 5.74. The molecule has 0 spiro atoms. The lowest BCUT2D eigenvalue weighted by Gasteiger charge is -2.24. The number of benzene rings is 2. The Labute approximate surface area is 158 Å². The molecule has 0 aromatic heterocycles. The quantitative estimate of drug-likeness (QED) is 0.580. The first kappa shape index (κ1) is 19.1. The zero-order chi connectivity index (χ0) is 18.2. The average molecular weight is 354 g/mol. The summed E-state index contributed by atoms with van der Waals surface area (Å²) >= 11 is 0. The van der Waals surface area contributed by atoms with E-state index >= 15 is 0 Å². The van der Waals surface area contributed by atoms with Crippen molar-refractivity contribution in [3.05, 3.63) is 71.3 Å². The number of nitrogens with zero attached hydrogens (tertiary/aromatic N) is 1. The van der Waals surface area contributed by atoms with Crippen LogP contribution in [0.3, 0.4) is 0 Å². The minimum Gasteiger partial charge on any atom is -0.306 e. The molecule has 26 heavy (non-hydrogen) atoms. The summed E-state index contributed by atoms with van der Waals surface area (Å²) in [5, 5.41) is 0. The highest BCUT2D eigenvalue weighted by molar-refractivity contribution is 5.26. The second-order valence-corrected chi connectivity index (χ2v) is 7.83. The lowest BCUT2D eigenvalue weighted by molar-refractivity contribution is 0.235. The molecule has 1 aliphatic carbocycles. The maximum Gasteiger partial charge on any atom is 0.100 e. The van der Waals surface area contributed by atoms with Gasteiger partial charge < -0.3 is 4.90 Å². The summed E-state index contributed by atoms with van der Waals surface area (Å²) in [6, 6.07) is 19.8.